The van der Waals surface area contributed by atoms with Crippen LogP contribution in [0.5, 0.6) is 0 Å². The highest BCUT2D eigenvalue weighted by molar-refractivity contribution is 7.99. The topological polar surface area (TPSA) is 96.5 Å². The van der Waals surface area contributed by atoms with Crippen LogP contribution in [0.15, 0.2) is 46.5 Å². The van der Waals surface area contributed by atoms with Gasteiger partial charge in [-0.05, 0) is 64.3 Å². The lowest BCUT2D eigenvalue weighted by atomic mass is 10.2. The van der Waals surface area contributed by atoms with Gasteiger partial charge in [0.2, 0.25) is 5.16 Å². The molecule has 0 aliphatic heterocycles. The molecule has 0 radical (unpaired) electrons. The van der Waals surface area contributed by atoms with Gasteiger partial charge in [-0.3, -0.25) is 4.79 Å². The average molecular weight is 468 g/mol. The smallest absolute Gasteiger partial charge is 0.271 e. The van der Waals surface area contributed by atoms with Crippen LogP contribution in [-0.2, 0) is 0 Å². The van der Waals surface area contributed by atoms with E-state index in [9.17, 15) is 4.79 Å². The van der Waals surface area contributed by atoms with E-state index in [1.807, 2.05) is 45.9 Å². The Morgan fingerprint density at radius 2 is 1.84 bits per heavy atom. The number of carbonyl (C=O) groups excluding carboxylic acids is 1. The highest BCUT2D eigenvalue weighted by Crippen LogP contribution is 2.26. The number of hydrogen-bond acceptors (Lipinski definition) is 7. The summed E-state index contributed by atoms with van der Waals surface area (Å²) >= 11 is 2.96. The van der Waals surface area contributed by atoms with Crippen molar-refractivity contribution >= 4 is 29.3 Å². The summed E-state index contributed by atoms with van der Waals surface area (Å²) < 4.78 is 5.13. The minimum atomic E-state index is 0.0195. The lowest BCUT2D eigenvalue weighted by molar-refractivity contribution is 0.102. The molecule has 166 valence electrons. The Balaban J connectivity index is 1.54. The number of aromatic nitrogens is 6. The number of nitrogen functional groups attached to an aromatic ring is 1. The molecule has 3 aromatic heterocycles. The molecule has 4 rings (SSSR count). The summed E-state index contributed by atoms with van der Waals surface area (Å²) in [7, 11) is 0. The van der Waals surface area contributed by atoms with Gasteiger partial charge in [0, 0.05) is 33.2 Å². The van der Waals surface area contributed by atoms with E-state index in [0.717, 1.165) is 28.5 Å². The lowest BCUT2D eigenvalue weighted by Gasteiger charge is -2.11. The number of rotatable bonds is 7. The minimum Gasteiger partial charge on any atom is -0.334 e. The zero-order valence-corrected chi connectivity index (χ0v) is 20.3. The maximum atomic E-state index is 13.1. The molecule has 0 saturated heterocycles. The fourth-order valence-corrected chi connectivity index (χ4v) is 4.93. The zero-order chi connectivity index (χ0) is 23.0. The third-order valence-electron chi connectivity index (χ3n) is 5.22. The molecule has 0 amide bonds. The normalized spacial score (nSPS) is 11.3. The molecule has 0 spiro atoms. The van der Waals surface area contributed by atoms with Gasteiger partial charge >= 0.3 is 0 Å². The Hall–Kier alpha value is -2.98. The molecule has 0 unspecified atom stereocenters. The first-order valence-electron chi connectivity index (χ1n) is 10.0. The molecular weight excluding hydrogens is 442 g/mol. The van der Waals surface area contributed by atoms with Crippen LogP contribution in [-0.4, -0.2) is 47.0 Å². The molecule has 1 aromatic carbocycles. The van der Waals surface area contributed by atoms with Crippen LogP contribution in [0.3, 0.4) is 0 Å². The predicted octanol–water partition coefficient (Wildman–Crippen LogP) is 3.90. The standard InChI is InChI=1S/C22H25N7OS2/c1-13-9-15(3)29(26-13)21-24-25-22(28(21)23)32-12-20(30)19-10-14(2)27(16(19)4)17-7-6-8-18(11-17)31-5/h6-11H,12,23H2,1-5H3. The number of benzene rings is 1. The molecule has 0 aliphatic carbocycles. The number of nitrogens with two attached hydrogens (primary N) is 1. The fraction of sp³-hybridized carbons (Fsp3) is 0.273. The van der Waals surface area contributed by atoms with E-state index in [1.165, 1.54) is 21.3 Å². The van der Waals surface area contributed by atoms with Gasteiger partial charge < -0.3 is 10.4 Å². The molecule has 10 heteroatoms. The molecule has 4 aromatic rings. The minimum absolute atomic E-state index is 0.0195. The molecule has 3 heterocycles. The Bertz CT molecular complexity index is 1300. The monoisotopic (exact) mass is 467 g/mol. The second kappa shape index (κ2) is 8.87. The first-order chi connectivity index (χ1) is 15.3. The van der Waals surface area contributed by atoms with Crippen molar-refractivity contribution in [2.24, 2.45) is 0 Å². The summed E-state index contributed by atoms with van der Waals surface area (Å²) in [4.78, 5) is 14.2. The van der Waals surface area contributed by atoms with E-state index in [1.54, 1.807) is 16.4 Å². The number of thioether (sulfide) groups is 2. The summed E-state index contributed by atoms with van der Waals surface area (Å²) in [6.45, 7) is 7.82. The van der Waals surface area contributed by atoms with Crippen molar-refractivity contribution in [3.8, 4) is 11.6 Å². The molecule has 0 aliphatic rings. The molecule has 0 bridgehead atoms. The van der Waals surface area contributed by atoms with Crippen LogP contribution in [0, 0.1) is 27.7 Å². The summed E-state index contributed by atoms with van der Waals surface area (Å²) in [6.07, 6.45) is 2.05. The van der Waals surface area contributed by atoms with Crippen LogP contribution in [0.4, 0.5) is 0 Å². The number of Topliss-reactive ketones (excluding diaryl/α,β-unsaturated/α-hetero) is 1. The van der Waals surface area contributed by atoms with Crippen molar-refractivity contribution in [3.05, 3.63) is 64.7 Å². The van der Waals surface area contributed by atoms with Crippen molar-refractivity contribution in [1.82, 2.24) is 29.2 Å². The molecular formula is C22H25N7OS2. The Labute approximate surface area is 195 Å². The first-order valence-corrected chi connectivity index (χ1v) is 12.2. The van der Waals surface area contributed by atoms with Crippen LogP contribution in [0.25, 0.3) is 11.6 Å². The quantitative estimate of drug-likeness (QED) is 0.250. The summed E-state index contributed by atoms with van der Waals surface area (Å²) in [5.74, 6) is 6.84. The number of ketones is 1. The molecule has 8 nitrogen and oxygen atoms in total. The van der Waals surface area contributed by atoms with E-state index in [-0.39, 0.29) is 11.5 Å². The van der Waals surface area contributed by atoms with Crippen molar-refractivity contribution in [2.45, 2.75) is 37.7 Å². The molecule has 32 heavy (non-hydrogen) atoms. The maximum Gasteiger partial charge on any atom is 0.271 e. The highest BCUT2D eigenvalue weighted by Gasteiger charge is 2.20. The van der Waals surface area contributed by atoms with Crippen molar-refractivity contribution in [1.29, 1.82) is 0 Å². The first kappa shape index (κ1) is 22.2. The van der Waals surface area contributed by atoms with Crippen molar-refractivity contribution < 1.29 is 4.79 Å². The van der Waals surface area contributed by atoms with Gasteiger partial charge in [0.05, 0.1) is 11.4 Å². The van der Waals surface area contributed by atoms with Gasteiger partial charge in [-0.1, -0.05) is 17.8 Å². The average Bonchev–Trinajstić information content (AvgIpc) is 3.40. The SMILES string of the molecule is CSc1cccc(-n2c(C)cc(C(=O)CSc3nnc(-n4nc(C)cc4C)n3N)c2C)c1. The van der Waals surface area contributed by atoms with Crippen LogP contribution in [0.2, 0.25) is 0 Å². The van der Waals surface area contributed by atoms with Gasteiger partial charge in [-0.25, -0.2) is 9.36 Å². The highest BCUT2D eigenvalue weighted by atomic mass is 32.2. The number of aryl methyl sites for hydroxylation is 3. The van der Waals surface area contributed by atoms with Gasteiger partial charge in [-0.2, -0.15) is 5.10 Å². The number of nitrogens with zero attached hydrogens (tertiary/aromatic N) is 6. The number of carbonyl (C=O) groups is 1. The van der Waals surface area contributed by atoms with E-state index in [4.69, 9.17) is 5.84 Å². The van der Waals surface area contributed by atoms with Gasteiger partial charge in [-0.15, -0.1) is 22.0 Å². The van der Waals surface area contributed by atoms with Gasteiger partial charge in [0.15, 0.2) is 5.78 Å². The zero-order valence-electron chi connectivity index (χ0n) is 18.7. The van der Waals surface area contributed by atoms with Gasteiger partial charge in [0.25, 0.3) is 5.95 Å². The van der Waals surface area contributed by atoms with E-state index >= 15 is 0 Å². The largest absolute Gasteiger partial charge is 0.334 e. The third kappa shape index (κ3) is 4.07. The predicted molar refractivity (Wildman–Crippen MR) is 129 cm³/mol. The summed E-state index contributed by atoms with van der Waals surface area (Å²) in [5, 5.41) is 13.2. The van der Waals surface area contributed by atoms with Crippen molar-refractivity contribution in [2.75, 3.05) is 17.9 Å². The maximum absolute atomic E-state index is 13.1. The van der Waals surface area contributed by atoms with Crippen molar-refractivity contribution in [3.63, 3.8) is 0 Å². The number of hydrogen-bond donors (Lipinski definition) is 1. The Morgan fingerprint density at radius 3 is 2.53 bits per heavy atom. The lowest BCUT2D eigenvalue weighted by Crippen LogP contribution is -2.17. The fourth-order valence-electron chi connectivity index (χ4n) is 3.74. The molecule has 0 atom stereocenters. The van der Waals surface area contributed by atoms with E-state index in [0.29, 0.717) is 16.7 Å². The third-order valence-corrected chi connectivity index (χ3v) is 6.89. The van der Waals surface area contributed by atoms with Crippen LogP contribution in [0.1, 0.15) is 33.1 Å². The van der Waals surface area contributed by atoms with Crippen LogP contribution >= 0.6 is 23.5 Å². The van der Waals surface area contributed by atoms with Crippen LogP contribution < -0.4 is 5.84 Å². The van der Waals surface area contributed by atoms with E-state index in [2.05, 4.69) is 44.3 Å². The second-order valence-electron chi connectivity index (χ2n) is 7.53. The Morgan fingerprint density at radius 1 is 1.06 bits per heavy atom. The Kier molecular flexibility index (Phi) is 6.16. The summed E-state index contributed by atoms with van der Waals surface area (Å²) in [6, 6.07) is 12.2. The van der Waals surface area contributed by atoms with Gasteiger partial charge in [0.1, 0.15) is 0 Å². The van der Waals surface area contributed by atoms with E-state index < -0.39 is 0 Å². The molecule has 0 fully saturated rings. The molecule has 2 N–H and O–H groups in total. The summed E-state index contributed by atoms with van der Waals surface area (Å²) in [5.41, 5.74) is 5.47. The second-order valence-corrected chi connectivity index (χ2v) is 9.35. The molecule has 0 saturated carbocycles.